The van der Waals surface area contributed by atoms with Crippen molar-refractivity contribution >= 4 is 19.8 Å². The van der Waals surface area contributed by atoms with Crippen molar-refractivity contribution in [1.29, 1.82) is 0 Å². The lowest BCUT2D eigenvalue weighted by Crippen LogP contribution is -2.29. The SMILES string of the molecule is CC/C=C/C=C/C=C/C=C/C=C/CCCC(=O)OC(COC(=O)CCCCCCC/C=C/C=C/C=C/CC)COP(=O)(O)OCCN. The van der Waals surface area contributed by atoms with E-state index in [1.54, 1.807) is 0 Å². The predicted molar refractivity (Wildman–Crippen MR) is 191 cm³/mol. The van der Waals surface area contributed by atoms with E-state index < -0.39 is 32.5 Å². The summed E-state index contributed by atoms with van der Waals surface area (Å²) in [7, 11) is -4.40. The number of unbranched alkanes of at least 4 members (excludes halogenated alkanes) is 6. The summed E-state index contributed by atoms with van der Waals surface area (Å²) in [5, 5.41) is 0. The molecule has 2 unspecified atom stereocenters. The van der Waals surface area contributed by atoms with Crippen LogP contribution in [-0.4, -0.2) is 49.3 Å². The van der Waals surface area contributed by atoms with Crippen LogP contribution in [0.15, 0.2) is 97.2 Å². The van der Waals surface area contributed by atoms with Gasteiger partial charge in [0.25, 0.3) is 0 Å². The standard InChI is InChI=1S/C37H58NO8P/c1-3-5-7-9-11-13-15-17-19-21-23-25-27-29-36(39)43-33-35(34-45-47(41,42)44-32-31-38)46-37(40)30-28-26-24-22-20-18-16-14-12-10-8-6-4-2/h5-16,18,20,22,24,35H,3-4,17,19,21,23,25-34,38H2,1-2H3,(H,41,42)/b7-5+,8-6+,11-9+,12-10+,15-13+,16-14+,20-18+,24-22+. The van der Waals surface area contributed by atoms with Gasteiger partial charge in [-0.1, -0.05) is 130 Å². The molecule has 0 saturated heterocycles. The van der Waals surface area contributed by atoms with Crippen LogP contribution in [0.25, 0.3) is 0 Å². The molecule has 0 radical (unpaired) electrons. The van der Waals surface area contributed by atoms with Gasteiger partial charge in [0.15, 0.2) is 6.10 Å². The molecule has 264 valence electrons. The van der Waals surface area contributed by atoms with Crippen LogP contribution in [0.4, 0.5) is 0 Å². The van der Waals surface area contributed by atoms with Crippen molar-refractivity contribution in [3.8, 4) is 0 Å². The molecule has 0 rings (SSSR count). The fourth-order valence-corrected chi connectivity index (χ4v) is 4.49. The highest BCUT2D eigenvalue weighted by molar-refractivity contribution is 7.47. The summed E-state index contributed by atoms with van der Waals surface area (Å²) in [6, 6.07) is 0. The highest BCUT2D eigenvalue weighted by Gasteiger charge is 2.25. The monoisotopic (exact) mass is 675 g/mol. The van der Waals surface area contributed by atoms with Crippen LogP contribution >= 0.6 is 7.82 Å². The van der Waals surface area contributed by atoms with Gasteiger partial charge in [-0.15, -0.1) is 0 Å². The summed E-state index contributed by atoms with van der Waals surface area (Å²) < 4.78 is 32.4. The largest absolute Gasteiger partial charge is 0.472 e. The third kappa shape index (κ3) is 32.7. The number of hydrogen-bond acceptors (Lipinski definition) is 8. The van der Waals surface area contributed by atoms with Gasteiger partial charge in [-0.3, -0.25) is 18.6 Å². The first-order valence-electron chi connectivity index (χ1n) is 16.8. The number of carbonyl (C=O) groups is 2. The Bertz CT molecular complexity index is 1090. The number of allylic oxidation sites excluding steroid dienone is 16. The molecule has 0 aliphatic rings. The second-order valence-corrected chi connectivity index (χ2v) is 11.9. The minimum Gasteiger partial charge on any atom is -0.462 e. The molecule has 2 atom stereocenters. The van der Waals surface area contributed by atoms with E-state index >= 15 is 0 Å². The van der Waals surface area contributed by atoms with E-state index in [1.165, 1.54) is 0 Å². The molecule has 0 bridgehead atoms. The van der Waals surface area contributed by atoms with Crippen molar-refractivity contribution in [2.75, 3.05) is 26.4 Å². The summed E-state index contributed by atoms with van der Waals surface area (Å²) in [6.45, 7) is 3.28. The molecule has 0 aliphatic heterocycles. The summed E-state index contributed by atoms with van der Waals surface area (Å²) in [5.74, 6) is -0.956. The molecule has 47 heavy (non-hydrogen) atoms. The minimum absolute atomic E-state index is 0.0327. The van der Waals surface area contributed by atoms with Crippen molar-refractivity contribution in [1.82, 2.24) is 0 Å². The number of hydrogen-bond donors (Lipinski definition) is 2. The smallest absolute Gasteiger partial charge is 0.462 e. The number of nitrogens with two attached hydrogens (primary N) is 1. The second kappa shape index (κ2) is 32.9. The highest BCUT2D eigenvalue weighted by Crippen LogP contribution is 2.43. The van der Waals surface area contributed by atoms with E-state index in [1.807, 2.05) is 72.9 Å². The first-order valence-corrected chi connectivity index (χ1v) is 18.3. The summed E-state index contributed by atoms with van der Waals surface area (Å²) in [6.07, 6.45) is 40.3. The lowest BCUT2D eigenvalue weighted by Gasteiger charge is -2.19. The quantitative estimate of drug-likeness (QED) is 0.0345. The molecule has 0 aromatic heterocycles. The lowest BCUT2D eigenvalue weighted by molar-refractivity contribution is -0.161. The summed E-state index contributed by atoms with van der Waals surface area (Å²) >= 11 is 0. The first kappa shape index (κ1) is 43.9. The Morgan fingerprint density at radius 1 is 0.638 bits per heavy atom. The predicted octanol–water partition coefficient (Wildman–Crippen LogP) is 8.70. The molecule has 3 N–H and O–H groups in total. The Morgan fingerprint density at radius 2 is 1.13 bits per heavy atom. The van der Waals surface area contributed by atoms with Gasteiger partial charge in [0.1, 0.15) is 6.61 Å². The Morgan fingerprint density at radius 3 is 1.70 bits per heavy atom. The molecule has 9 nitrogen and oxygen atoms in total. The molecule has 0 amide bonds. The van der Waals surface area contributed by atoms with Crippen LogP contribution < -0.4 is 5.73 Å². The zero-order chi connectivity index (χ0) is 34.7. The molecular weight excluding hydrogens is 617 g/mol. The van der Waals surface area contributed by atoms with E-state index in [4.69, 9.17) is 24.3 Å². The molecule has 0 aromatic carbocycles. The van der Waals surface area contributed by atoms with E-state index in [0.29, 0.717) is 19.3 Å². The van der Waals surface area contributed by atoms with Crippen molar-refractivity contribution < 1.29 is 37.6 Å². The molecule has 0 aliphatic carbocycles. The Labute approximate surface area is 283 Å². The van der Waals surface area contributed by atoms with Gasteiger partial charge >= 0.3 is 19.8 Å². The van der Waals surface area contributed by atoms with Gasteiger partial charge < -0.3 is 20.1 Å². The Balaban J connectivity index is 4.49. The maximum absolute atomic E-state index is 12.4. The van der Waals surface area contributed by atoms with Crippen LogP contribution in [0.1, 0.15) is 90.9 Å². The topological polar surface area (TPSA) is 134 Å². The molecule has 0 fully saturated rings. The van der Waals surface area contributed by atoms with Gasteiger partial charge in [-0.2, -0.15) is 0 Å². The number of phosphoric acid groups is 1. The number of carbonyl (C=O) groups excluding carboxylic acids is 2. The molecule has 0 saturated carbocycles. The fraction of sp³-hybridized carbons (Fsp3) is 0.514. The van der Waals surface area contributed by atoms with Crippen LogP contribution in [0, 0.1) is 0 Å². The van der Waals surface area contributed by atoms with Gasteiger partial charge in [0, 0.05) is 19.4 Å². The highest BCUT2D eigenvalue weighted by atomic mass is 31.2. The maximum Gasteiger partial charge on any atom is 0.472 e. The van der Waals surface area contributed by atoms with Gasteiger partial charge in [0.05, 0.1) is 13.2 Å². The summed E-state index contributed by atoms with van der Waals surface area (Å²) in [5.41, 5.74) is 5.31. The molecule has 0 aromatic rings. The van der Waals surface area contributed by atoms with Crippen molar-refractivity contribution in [3.05, 3.63) is 97.2 Å². The fourth-order valence-electron chi connectivity index (χ4n) is 3.72. The van der Waals surface area contributed by atoms with E-state index in [9.17, 15) is 19.0 Å². The van der Waals surface area contributed by atoms with Crippen LogP contribution in [0.5, 0.6) is 0 Å². The second-order valence-electron chi connectivity index (χ2n) is 10.4. The number of rotatable bonds is 29. The summed E-state index contributed by atoms with van der Waals surface area (Å²) in [4.78, 5) is 34.5. The zero-order valence-corrected chi connectivity index (χ0v) is 29.4. The maximum atomic E-state index is 12.4. The van der Waals surface area contributed by atoms with Crippen LogP contribution in [0.2, 0.25) is 0 Å². The van der Waals surface area contributed by atoms with Crippen molar-refractivity contribution in [2.24, 2.45) is 5.73 Å². The Kier molecular flexibility index (Phi) is 30.7. The average Bonchev–Trinajstić information content (AvgIpc) is 3.05. The first-order chi connectivity index (χ1) is 22.8. The van der Waals surface area contributed by atoms with E-state index in [0.717, 1.165) is 44.9 Å². The number of esters is 2. The Hall–Kier alpha value is -3.07. The van der Waals surface area contributed by atoms with Gasteiger partial charge in [-0.05, 0) is 44.9 Å². The molecular formula is C37H58NO8P. The van der Waals surface area contributed by atoms with Crippen LogP contribution in [0.3, 0.4) is 0 Å². The minimum atomic E-state index is -4.40. The lowest BCUT2D eigenvalue weighted by atomic mass is 10.1. The average molecular weight is 676 g/mol. The molecule has 10 heteroatoms. The van der Waals surface area contributed by atoms with E-state index in [-0.39, 0.29) is 32.6 Å². The number of phosphoric ester groups is 1. The van der Waals surface area contributed by atoms with Crippen molar-refractivity contribution in [2.45, 2.75) is 97.0 Å². The van der Waals surface area contributed by atoms with E-state index in [2.05, 4.69) is 38.2 Å². The number of ether oxygens (including phenoxy) is 2. The third-order valence-electron chi connectivity index (χ3n) is 6.15. The van der Waals surface area contributed by atoms with Gasteiger partial charge in [0.2, 0.25) is 0 Å². The van der Waals surface area contributed by atoms with Gasteiger partial charge in [-0.25, -0.2) is 4.57 Å². The van der Waals surface area contributed by atoms with Crippen molar-refractivity contribution in [3.63, 3.8) is 0 Å². The molecule has 0 heterocycles. The zero-order valence-electron chi connectivity index (χ0n) is 28.5. The normalized spacial score (nSPS) is 14.7. The third-order valence-corrected chi connectivity index (χ3v) is 7.14. The van der Waals surface area contributed by atoms with Crippen LogP contribution in [-0.2, 0) is 32.7 Å². The molecule has 0 spiro atoms.